The molecule has 3 rings (SSSR count). The molecule has 0 spiro atoms. The minimum Gasteiger partial charge on any atom is -0.488 e. The number of aromatic nitrogens is 1. The van der Waals surface area contributed by atoms with Crippen molar-refractivity contribution in [2.75, 3.05) is 24.6 Å². The molecule has 2 fully saturated rings. The van der Waals surface area contributed by atoms with E-state index >= 15 is 0 Å². The van der Waals surface area contributed by atoms with E-state index in [0.717, 1.165) is 19.1 Å². The summed E-state index contributed by atoms with van der Waals surface area (Å²) in [5.41, 5.74) is 5.45. The van der Waals surface area contributed by atoms with Crippen molar-refractivity contribution < 1.29 is 9.53 Å². The number of nitrogens with two attached hydrogens (primary N) is 1. The molecular weight excluding hydrogens is 262 g/mol. The van der Waals surface area contributed by atoms with E-state index in [4.69, 9.17) is 10.5 Å². The summed E-state index contributed by atoms with van der Waals surface area (Å²) in [5, 5.41) is 0. The quantitative estimate of drug-likeness (QED) is 0.881. The van der Waals surface area contributed by atoms with E-state index in [9.17, 15) is 4.79 Å². The smallest absolute Gasteiger partial charge is 0.267 e. The monoisotopic (exact) mass is 279 g/mol. The van der Waals surface area contributed by atoms with Crippen molar-refractivity contribution in [3.05, 3.63) is 24.0 Å². The van der Waals surface area contributed by atoms with Gasteiger partial charge in [-0.25, -0.2) is 0 Å². The predicted molar refractivity (Wildman–Crippen MR) is 74.5 cm³/mol. The van der Waals surface area contributed by atoms with Gasteiger partial charge in [-0.05, 0) is 18.2 Å². The van der Waals surface area contributed by atoms with Crippen molar-refractivity contribution in [1.29, 1.82) is 0 Å². The fraction of sp³-hybridized carbons (Fsp3) is 0.538. The Bertz CT molecular complexity index is 471. The minimum atomic E-state index is -0.524. The summed E-state index contributed by atoms with van der Waals surface area (Å²) in [6.45, 7) is 1.94. The number of rotatable bonds is 4. The lowest BCUT2D eigenvalue weighted by atomic mass is 10.1. The maximum Gasteiger partial charge on any atom is 0.267 e. The highest BCUT2D eigenvalue weighted by Gasteiger charge is 2.35. The van der Waals surface area contributed by atoms with Gasteiger partial charge in [0.1, 0.15) is 17.5 Å². The third kappa shape index (κ3) is 2.84. The third-order valence-corrected chi connectivity index (χ3v) is 4.73. The number of hydrogen-bond donors (Lipinski definition) is 1. The topological polar surface area (TPSA) is 68.5 Å². The molecule has 2 aliphatic rings. The van der Waals surface area contributed by atoms with E-state index < -0.39 is 5.91 Å². The van der Waals surface area contributed by atoms with Gasteiger partial charge >= 0.3 is 0 Å². The Morgan fingerprint density at radius 3 is 3.05 bits per heavy atom. The number of amides is 1. The summed E-state index contributed by atoms with van der Waals surface area (Å²) in [4.78, 5) is 17.4. The van der Waals surface area contributed by atoms with Gasteiger partial charge in [0.15, 0.2) is 0 Å². The van der Waals surface area contributed by atoms with E-state index in [1.807, 2.05) is 11.8 Å². The Hall–Kier alpha value is -1.27. The predicted octanol–water partition coefficient (Wildman–Crippen LogP) is 0.749. The van der Waals surface area contributed by atoms with Gasteiger partial charge < -0.3 is 10.5 Å². The number of carbonyl (C=O) groups is 1. The first-order valence-corrected chi connectivity index (χ1v) is 7.62. The number of ether oxygens (including phenoxy) is 1. The van der Waals surface area contributed by atoms with Crippen LogP contribution in [0.2, 0.25) is 0 Å². The van der Waals surface area contributed by atoms with Crippen LogP contribution in [-0.4, -0.2) is 52.5 Å². The van der Waals surface area contributed by atoms with E-state index in [1.54, 1.807) is 18.3 Å². The number of likely N-dealkylation sites (tertiary alicyclic amines) is 1. The Morgan fingerprint density at radius 2 is 2.37 bits per heavy atom. The zero-order valence-electron chi connectivity index (χ0n) is 10.6. The second-order valence-corrected chi connectivity index (χ2v) is 6.10. The van der Waals surface area contributed by atoms with Crippen molar-refractivity contribution >= 4 is 17.7 Å². The number of carbonyl (C=O) groups excluding carboxylic acids is 1. The highest BCUT2D eigenvalue weighted by Crippen LogP contribution is 2.27. The molecular formula is C13H17N3O2S. The molecule has 1 aromatic heterocycles. The van der Waals surface area contributed by atoms with Crippen molar-refractivity contribution in [3.8, 4) is 5.75 Å². The van der Waals surface area contributed by atoms with Crippen LogP contribution in [-0.2, 0) is 0 Å². The highest BCUT2D eigenvalue weighted by atomic mass is 32.2. The fourth-order valence-electron chi connectivity index (χ4n) is 2.46. The standard InChI is InChI=1S/C13H17N3O2S/c14-13(17)12-5-10(1-3-15-12)18-11-6-16(7-11)9-2-4-19-8-9/h1,3,5,9,11H,2,4,6-8H2,(H2,14,17). The summed E-state index contributed by atoms with van der Waals surface area (Å²) in [7, 11) is 0. The summed E-state index contributed by atoms with van der Waals surface area (Å²) in [5.74, 6) is 2.67. The molecule has 2 aliphatic heterocycles. The second-order valence-electron chi connectivity index (χ2n) is 4.95. The molecule has 1 amide bonds. The van der Waals surface area contributed by atoms with Crippen LogP contribution in [0.5, 0.6) is 5.75 Å². The fourth-order valence-corrected chi connectivity index (χ4v) is 3.72. The van der Waals surface area contributed by atoms with Crippen LogP contribution in [0.15, 0.2) is 18.3 Å². The maximum atomic E-state index is 11.0. The average Bonchev–Trinajstić information content (AvgIpc) is 2.87. The van der Waals surface area contributed by atoms with Crippen LogP contribution in [0.4, 0.5) is 0 Å². The highest BCUT2D eigenvalue weighted by molar-refractivity contribution is 7.99. The van der Waals surface area contributed by atoms with Crippen LogP contribution in [0.3, 0.4) is 0 Å². The van der Waals surface area contributed by atoms with Gasteiger partial charge in [-0.15, -0.1) is 0 Å². The zero-order chi connectivity index (χ0) is 13.2. The molecule has 1 unspecified atom stereocenters. The number of hydrogen-bond acceptors (Lipinski definition) is 5. The van der Waals surface area contributed by atoms with E-state index in [1.165, 1.54) is 17.9 Å². The first kappa shape index (κ1) is 12.7. The minimum absolute atomic E-state index is 0.216. The van der Waals surface area contributed by atoms with Gasteiger partial charge in [-0.2, -0.15) is 11.8 Å². The first-order valence-electron chi connectivity index (χ1n) is 6.46. The summed E-state index contributed by atoms with van der Waals surface area (Å²) in [6.07, 6.45) is 3.06. The molecule has 0 aromatic carbocycles. The van der Waals surface area contributed by atoms with Crippen LogP contribution in [0.25, 0.3) is 0 Å². The first-order chi connectivity index (χ1) is 9.22. The van der Waals surface area contributed by atoms with E-state index in [-0.39, 0.29) is 11.8 Å². The van der Waals surface area contributed by atoms with Gasteiger partial charge in [0.05, 0.1) is 0 Å². The van der Waals surface area contributed by atoms with Crippen LogP contribution in [0.1, 0.15) is 16.9 Å². The second kappa shape index (κ2) is 5.38. The molecule has 0 bridgehead atoms. The molecule has 19 heavy (non-hydrogen) atoms. The van der Waals surface area contributed by atoms with Crippen molar-refractivity contribution in [1.82, 2.24) is 9.88 Å². The van der Waals surface area contributed by atoms with Gasteiger partial charge in [0.2, 0.25) is 0 Å². The molecule has 6 heteroatoms. The third-order valence-electron chi connectivity index (χ3n) is 3.58. The molecule has 3 heterocycles. The summed E-state index contributed by atoms with van der Waals surface area (Å²) in [6, 6.07) is 4.10. The number of thioether (sulfide) groups is 1. The van der Waals surface area contributed by atoms with Gasteiger partial charge in [0, 0.05) is 37.1 Å². The number of nitrogens with zero attached hydrogens (tertiary/aromatic N) is 2. The molecule has 2 N–H and O–H groups in total. The van der Waals surface area contributed by atoms with Crippen molar-refractivity contribution in [2.24, 2.45) is 5.73 Å². The Labute approximate surface area is 116 Å². The lowest BCUT2D eigenvalue weighted by Gasteiger charge is -2.42. The lowest BCUT2D eigenvalue weighted by molar-refractivity contribution is -0.00253. The molecule has 2 saturated heterocycles. The van der Waals surface area contributed by atoms with Crippen LogP contribution < -0.4 is 10.5 Å². The Kier molecular flexibility index (Phi) is 3.61. The maximum absolute atomic E-state index is 11.0. The largest absolute Gasteiger partial charge is 0.488 e. The molecule has 1 aromatic rings. The molecule has 0 radical (unpaired) electrons. The number of primary amides is 1. The summed E-state index contributed by atoms with van der Waals surface area (Å²) >= 11 is 2.03. The van der Waals surface area contributed by atoms with Gasteiger partial charge in [-0.3, -0.25) is 14.7 Å². The number of pyridine rings is 1. The van der Waals surface area contributed by atoms with Crippen LogP contribution in [0, 0.1) is 0 Å². The lowest BCUT2D eigenvalue weighted by Crippen LogP contribution is -2.57. The van der Waals surface area contributed by atoms with Gasteiger partial charge in [0.25, 0.3) is 5.91 Å². The van der Waals surface area contributed by atoms with Crippen LogP contribution >= 0.6 is 11.8 Å². The Morgan fingerprint density at radius 1 is 1.53 bits per heavy atom. The molecule has 0 aliphatic carbocycles. The summed E-state index contributed by atoms with van der Waals surface area (Å²) < 4.78 is 5.83. The van der Waals surface area contributed by atoms with E-state index in [2.05, 4.69) is 9.88 Å². The molecule has 1 atom stereocenters. The van der Waals surface area contributed by atoms with E-state index in [0.29, 0.717) is 5.75 Å². The molecule has 102 valence electrons. The van der Waals surface area contributed by atoms with Gasteiger partial charge in [-0.1, -0.05) is 0 Å². The SMILES string of the molecule is NC(=O)c1cc(OC2CN(C3CCSC3)C2)ccn1. The Balaban J connectivity index is 1.53. The van der Waals surface area contributed by atoms with Crippen molar-refractivity contribution in [3.63, 3.8) is 0 Å². The van der Waals surface area contributed by atoms with Crippen molar-refractivity contribution in [2.45, 2.75) is 18.6 Å². The zero-order valence-corrected chi connectivity index (χ0v) is 11.4. The molecule has 0 saturated carbocycles. The average molecular weight is 279 g/mol. The normalized spacial score (nSPS) is 24.1. The molecule has 5 nitrogen and oxygen atoms in total.